The van der Waals surface area contributed by atoms with E-state index in [0.717, 1.165) is 38.0 Å². The minimum atomic E-state index is -0.222. The summed E-state index contributed by atoms with van der Waals surface area (Å²) in [6.07, 6.45) is 11.9. The maximum Gasteiger partial charge on any atom is 0.0758 e. The van der Waals surface area contributed by atoms with Crippen molar-refractivity contribution in [3.8, 4) is 0 Å². The Labute approximate surface area is 140 Å². The Morgan fingerprint density at radius 1 is 1.09 bits per heavy atom. The van der Waals surface area contributed by atoms with Gasteiger partial charge in [-0.15, -0.1) is 0 Å². The van der Waals surface area contributed by atoms with E-state index >= 15 is 0 Å². The molecule has 0 aliphatic heterocycles. The summed E-state index contributed by atoms with van der Waals surface area (Å²) in [5.74, 6) is 2.09. The molecule has 2 N–H and O–H groups in total. The van der Waals surface area contributed by atoms with Crippen molar-refractivity contribution in [3.63, 3.8) is 0 Å². The van der Waals surface area contributed by atoms with E-state index < -0.39 is 0 Å². The van der Waals surface area contributed by atoms with E-state index in [0.29, 0.717) is 17.3 Å². The molecule has 4 aliphatic carbocycles. The Kier molecular flexibility index (Phi) is 3.59. The molecule has 0 bridgehead atoms. The summed E-state index contributed by atoms with van der Waals surface area (Å²) in [6, 6.07) is 0. The average molecular weight is 316 g/mol. The van der Waals surface area contributed by atoms with Gasteiger partial charge >= 0.3 is 0 Å². The number of hydrogen-bond acceptors (Lipinski definition) is 2. The highest BCUT2D eigenvalue weighted by atomic mass is 16.3. The highest BCUT2D eigenvalue weighted by molar-refractivity contribution is 5.31. The lowest BCUT2D eigenvalue weighted by Crippen LogP contribution is -2.49. The van der Waals surface area contributed by atoms with Gasteiger partial charge in [-0.3, -0.25) is 0 Å². The van der Waals surface area contributed by atoms with E-state index in [2.05, 4.69) is 32.9 Å². The number of allylic oxidation sites excluding steroid dienone is 2. The molecule has 0 saturated heterocycles. The van der Waals surface area contributed by atoms with Crippen LogP contribution in [0.3, 0.4) is 0 Å². The van der Waals surface area contributed by atoms with Crippen LogP contribution in [-0.4, -0.2) is 22.4 Å². The number of aliphatic hydroxyl groups is 2. The molecule has 4 rings (SSSR count). The van der Waals surface area contributed by atoms with Gasteiger partial charge in [0.15, 0.2) is 0 Å². The summed E-state index contributed by atoms with van der Waals surface area (Å²) >= 11 is 0. The molecule has 3 saturated carbocycles. The van der Waals surface area contributed by atoms with Crippen molar-refractivity contribution >= 4 is 0 Å². The van der Waals surface area contributed by atoms with Crippen LogP contribution in [0.5, 0.6) is 0 Å². The predicted molar refractivity (Wildman–Crippen MR) is 92.9 cm³/mol. The fourth-order valence-electron chi connectivity index (χ4n) is 7.03. The molecule has 7 atom stereocenters. The van der Waals surface area contributed by atoms with Crippen molar-refractivity contribution in [2.24, 2.45) is 28.6 Å². The first kappa shape index (κ1) is 15.9. The molecule has 3 fully saturated rings. The van der Waals surface area contributed by atoms with Crippen molar-refractivity contribution in [2.75, 3.05) is 0 Å². The molecule has 0 aromatic heterocycles. The first-order valence-corrected chi connectivity index (χ1v) is 9.62. The molecule has 0 amide bonds. The van der Waals surface area contributed by atoms with Crippen molar-refractivity contribution in [3.05, 3.63) is 23.3 Å². The molecule has 2 heteroatoms. The molecule has 23 heavy (non-hydrogen) atoms. The van der Waals surface area contributed by atoms with Gasteiger partial charge in [-0.05, 0) is 86.0 Å². The van der Waals surface area contributed by atoms with Crippen LogP contribution >= 0.6 is 0 Å². The van der Waals surface area contributed by atoms with Crippen molar-refractivity contribution in [1.29, 1.82) is 0 Å². The second-order valence-electron chi connectivity index (χ2n) is 9.11. The topological polar surface area (TPSA) is 40.5 Å². The van der Waals surface area contributed by atoms with Crippen molar-refractivity contribution < 1.29 is 10.2 Å². The summed E-state index contributed by atoms with van der Waals surface area (Å²) < 4.78 is 0. The lowest BCUT2D eigenvalue weighted by molar-refractivity contribution is -0.0278. The average Bonchev–Trinajstić information content (AvgIpc) is 2.77. The van der Waals surface area contributed by atoms with Crippen LogP contribution in [0.1, 0.15) is 65.7 Å². The maximum atomic E-state index is 10.6. The number of hydrogen-bond donors (Lipinski definition) is 2. The van der Waals surface area contributed by atoms with E-state index in [1.165, 1.54) is 24.0 Å². The Morgan fingerprint density at radius 2 is 1.83 bits per heavy atom. The Balaban J connectivity index is 1.70. The second kappa shape index (κ2) is 5.20. The summed E-state index contributed by atoms with van der Waals surface area (Å²) in [4.78, 5) is 0. The van der Waals surface area contributed by atoms with Gasteiger partial charge in [0.25, 0.3) is 0 Å². The fraction of sp³-hybridized carbons (Fsp3) is 0.810. The maximum absolute atomic E-state index is 10.6. The van der Waals surface area contributed by atoms with Crippen LogP contribution in [0.2, 0.25) is 0 Å². The van der Waals surface area contributed by atoms with E-state index in [-0.39, 0.29) is 17.6 Å². The summed E-state index contributed by atoms with van der Waals surface area (Å²) in [6.45, 7) is 6.97. The third-order valence-electron chi connectivity index (χ3n) is 8.27. The Hall–Kier alpha value is -0.600. The second-order valence-corrected chi connectivity index (χ2v) is 9.11. The fourth-order valence-corrected chi connectivity index (χ4v) is 7.03. The van der Waals surface area contributed by atoms with Gasteiger partial charge in [-0.25, -0.2) is 0 Å². The van der Waals surface area contributed by atoms with Gasteiger partial charge < -0.3 is 10.2 Å². The van der Waals surface area contributed by atoms with Crippen LogP contribution in [0, 0.1) is 28.6 Å². The first-order chi connectivity index (χ1) is 10.9. The van der Waals surface area contributed by atoms with Crippen LogP contribution in [-0.2, 0) is 0 Å². The van der Waals surface area contributed by atoms with Gasteiger partial charge in [0.05, 0.1) is 12.2 Å². The minimum Gasteiger partial charge on any atom is -0.393 e. The summed E-state index contributed by atoms with van der Waals surface area (Å²) in [5, 5.41) is 20.7. The van der Waals surface area contributed by atoms with E-state index in [1.54, 1.807) is 0 Å². The SMILES string of the molecule is C/C=C1/[C@H](O)C[C@H]2[C@@H]3CC=C4C[C@@H](O)CC[C@]4(C)[C@H]3CC[C@]12C. The Morgan fingerprint density at radius 3 is 2.57 bits per heavy atom. The van der Waals surface area contributed by atoms with Gasteiger partial charge in [0.2, 0.25) is 0 Å². The van der Waals surface area contributed by atoms with E-state index in [4.69, 9.17) is 0 Å². The molecular weight excluding hydrogens is 284 g/mol. The molecule has 0 spiro atoms. The summed E-state index contributed by atoms with van der Waals surface area (Å²) in [7, 11) is 0. The van der Waals surface area contributed by atoms with Gasteiger partial charge in [-0.1, -0.05) is 31.6 Å². The number of aliphatic hydroxyl groups excluding tert-OH is 2. The molecule has 0 radical (unpaired) electrons. The zero-order valence-corrected chi connectivity index (χ0v) is 14.9. The molecule has 2 nitrogen and oxygen atoms in total. The van der Waals surface area contributed by atoms with Crippen LogP contribution in [0.4, 0.5) is 0 Å². The molecule has 128 valence electrons. The van der Waals surface area contributed by atoms with E-state index in [9.17, 15) is 10.2 Å². The highest BCUT2D eigenvalue weighted by Gasteiger charge is 2.58. The molecule has 0 unspecified atom stereocenters. The third kappa shape index (κ3) is 2.07. The molecule has 0 aromatic carbocycles. The molecule has 0 aromatic rings. The minimum absolute atomic E-state index is 0.123. The zero-order valence-electron chi connectivity index (χ0n) is 14.9. The van der Waals surface area contributed by atoms with Crippen molar-refractivity contribution in [1.82, 2.24) is 0 Å². The lowest BCUT2D eigenvalue weighted by atomic mass is 9.48. The Bertz CT molecular complexity index is 562. The quantitative estimate of drug-likeness (QED) is 0.657. The standard InChI is InChI=1S/C21H32O2/c1-4-16-19(23)12-18-15-6-5-13-11-14(22)7-9-20(13,2)17(15)8-10-21(16,18)3/h4-5,14-15,17-19,22-23H,6-12H2,1-3H3/b16-4-/t14-,15+,17-,18-,19+,20-,21+/m0/s1. The number of fused-ring (bicyclic) bond motifs is 5. The van der Waals surface area contributed by atoms with Gasteiger partial charge in [-0.2, -0.15) is 0 Å². The third-order valence-corrected chi connectivity index (χ3v) is 8.27. The molecular formula is C21H32O2. The summed E-state index contributed by atoms with van der Waals surface area (Å²) in [5.41, 5.74) is 3.35. The smallest absolute Gasteiger partial charge is 0.0758 e. The van der Waals surface area contributed by atoms with Gasteiger partial charge in [0.1, 0.15) is 0 Å². The van der Waals surface area contributed by atoms with Crippen LogP contribution < -0.4 is 0 Å². The lowest BCUT2D eigenvalue weighted by Gasteiger charge is -2.57. The van der Waals surface area contributed by atoms with Gasteiger partial charge in [0, 0.05) is 0 Å². The zero-order chi connectivity index (χ0) is 16.4. The largest absolute Gasteiger partial charge is 0.393 e. The van der Waals surface area contributed by atoms with Crippen LogP contribution in [0.15, 0.2) is 23.3 Å². The normalized spacial score (nSPS) is 54.2. The van der Waals surface area contributed by atoms with E-state index in [1.807, 2.05) is 0 Å². The highest BCUT2D eigenvalue weighted by Crippen LogP contribution is 2.66. The molecule has 0 heterocycles. The number of rotatable bonds is 0. The monoisotopic (exact) mass is 316 g/mol. The van der Waals surface area contributed by atoms with Crippen molar-refractivity contribution in [2.45, 2.75) is 77.9 Å². The predicted octanol–water partition coefficient (Wildman–Crippen LogP) is 4.23. The molecule has 4 aliphatic rings. The first-order valence-electron chi connectivity index (χ1n) is 9.62. The van der Waals surface area contributed by atoms with Crippen LogP contribution in [0.25, 0.3) is 0 Å².